The summed E-state index contributed by atoms with van der Waals surface area (Å²) in [6.45, 7) is 5.95. The van der Waals surface area contributed by atoms with Crippen molar-refractivity contribution in [3.63, 3.8) is 0 Å². The highest BCUT2D eigenvalue weighted by molar-refractivity contribution is 8.26. The van der Waals surface area contributed by atoms with Crippen LogP contribution in [0.4, 0.5) is 5.82 Å². The van der Waals surface area contributed by atoms with E-state index in [4.69, 9.17) is 17.2 Å². The van der Waals surface area contributed by atoms with Gasteiger partial charge in [-0.25, -0.2) is 4.98 Å². The molecular formula is C20H23N5O2S2. The van der Waals surface area contributed by atoms with Gasteiger partial charge < -0.3 is 9.80 Å². The lowest BCUT2D eigenvalue weighted by Crippen LogP contribution is -2.45. The number of carbonyl (C=O) groups excluding carboxylic acids is 1. The van der Waals surface area contributed by atoms with Gasteiger partial charge in [0.05, 0.1) is 10.5 Å². The molecule has 2 aliphatic rings. The Morgan fingerprint density at radius 1 is 1.21 bits per heavy atom. The molecule has 2 saturated heterocycles. The zero-order chi connectivity index (χ0) is 20.5. The van der Waals surface area contributed by atoms with Crippen LogP contribution in [0.25, 0.3) is 11.7 Å². The molecule has 2 aliphatic heterocycles. The number of pyridine rings is 1. The van der Waals surface area contributed by atoms with E-state index in [9.17, 15) is 9.59 Å². The Balaban J connectivity index is 1.83. The summed E-state index contributed by atoms with van der Waals surface area (Å²) in [7, 11) is 2.08. The number of likely N-dealkylation sites (N-methyl/N-ethyl adjacent to an activating group) is 1. The van der Waals surface area contributed by atoms with Gasteiger partial charge in [0.25, 0.3) is 11.5 Å². The van der Waals surface area contributed by atoms with Crippen molar-refractivity contribution in [3.05, 3.63) is 45.2 Å². The molecule has 0 bridgehead atoms. The van der Waals surface area contributed by atoms with Crippen molar-refractivity contribution < 1.29 is 4.79 Å². The topological polar surface area (TPSA) is 61.2 Å². The van der Waals surface area contributed by atoms with Gasteiger partial charge in [0.15, 0.2) is 0 Å². The molecule has 2 aromatic heterocycles. The molecule has 0 spiro atoms. The van der Waals surface area contributed by atoms with Gasteiger partial charge in [-0.15, -0.1) is 0 Å². The van der Waals surface area contributed by atoms with Crippen molar-refractivity contribution in [1.29, 1.82) is 0 Å². The highest BCUT2D eigenvalue weighted by Gasteiger charge is 2.32. The third-order valence-electron chi connectivity index (χ3n) is 5.15. The van der Waals surface area contributed by atoms with E-state index in [-0.39, 0.29) is 11.5 Å². The van der Waals surface area contributed by atoms with Gasteiger partial charge in [-0.3, -0.25) is 18.9 Å². The smallest absolute Gasteiger partial charge is 0.267 e. The van der Waals surface area contributed by atoms with Gasteiger partial charge in [-0.2, -0.15) is 0 Å². The van der Waals surface area contributed by atoms with E-state index >= 15 is 0 Å². The summed E-state index contributed by atoms with van der Waals surface area (Å²) in [5.74, 6) is 0.499. The zero-order valence-corrected chi connectivity index (χ0v) is 18.1. The van der Waals surface area contributed by atoms with E-state index in [1.165, 1.54) is 16.2 Å². The Kier molecular flexibility index (Phi) is 5.71. The number of anilines is 1. The molecule has 0 aliphatic carbocycles. The van der Waals surface area contributed by atoms with Gasteiger partial charge in [0.2, 0.25) is 0 Å². The molecule has 152 valence electrons. The molecule has 4 heterocycles. The molecular weight excluding hydrogens is 406 g/mol. The van der Waals surface area contributed by atoms with Crippen LogP contribution in [0, 0.1) is 0 Å². The van der Waals surface area contributed by atoms with Gasteiger partial charge in [-0.05, 0) is 31.7 Å². The Bertz CT molecular complexity index is 1060. The molecule has 2 aromatic rings. The molecule has 7 nitrogen and oxygen atoms in total. The lowest BCUT2D eigenvalue weighted by atomic mass is 10.2. The summed E-state index contributed by atoms with van der Waals surface area (Å²) in [5.41, 5.74) is 0.864. The summed E-state index contributed by atoms with van der Waals surface area (Å²) in [4.78, 5) is 37.4. The molecule has 0 saturated carbocycles. The maximum absolute atomic E-state index is 13.3. The average Bonchev–Trinajstić information content (AvgIpc) is 2.98. The van der Waals surface area contributed by atoms with E-state index in [2.05, 4.69) is 16.8 Å². The molecule has 1 amide bonds. The first-order valence-electron chi connectivity index (χ1n) is 9.70. The number of nitrogens with zero attached hydrogens (tertiary/aromatic N) is 5. The molecule has 0 N–H and O–H groups in total. The van der Waals surface area contributed by atoms with Gasteiger partial charge in [0, 0.05) is 38.9 Å². The summed E-state index contributed by atoms with van der Waals surface area (Å²) >= 11 is 6.62. The van der Waals surface area contributed by atoms with Gasteiger partial charge in [-0.1, -0.05) is 37.0 Å². The van der Waals surface area contributed by atoms with E-state index in [1.807, 2.05) is 19.1 Å². The first-order valence-corrected chi connectivity index (χ1v) is 10.9. The fourth-order valence-electron chi connectivity index (χ4n) is 3.52. The number of carbonyl (C=O) groups is 1. The second-order valence-corrected chi connectivity index (χ2v) is 8.88. The number of hydrogen-bond donors (Lipinski definition) is 0. The summed E-state index contributed by atoms with van der Waals surface area (Å²) in [5, 5.41) is 0. The van der Waals surface area contributed by atoms with E-state index in [0.717, 1.165) is 32.6 Å². The Labute approximate surface area is 179 Å². The van der Waals surface area contributed by atoms with Crippen LogP contribution in [-0.4, -0.2) is 69.2 Å². The third-order valence-corrected chi connectivity index (χ3v) is 6.53. The zero-order valence-electron chi connectivity index (χ0n) is 16.5. The van der Waals surface area contributed by atoms with Crippen LogP contribution >= 0.6 is 24.0 Å². The fraction of sp³-hybridized carbons (Fsp3) is 0.400. The third kappa shape index (κ3) is 3.82. The number of rotatable bonds is 4. The van der Waals surface area contributed by atoms with E-state index in [0.29, 0.717) is 32.8 Å². The largest absolute Gasteiger partial charge is 0.353 e. The number of thioether (sulfide) groups is 1. The van der Waals surface area contributed by atoms with Crippen LogP contribution < -0.4 is 10.5 Å². The standard InChI is InChI=1S/C20H23N5O2S2/c1-3-7-25-19(27)15(29-20(25)28)13-14-17(23-11-9-22(2)10-12-23)21-16-6-4-5-8-24(16)18(14)26/h4-6,8,13H,3,7,9-12H2,1-2H3/b15-13-. The first-order chi connectivity index (χ1) is 14.0. The molecule has 0 atom stereocenters. The normalized spacial score (nSPS) is 19.7. The average molecular weight is 430 g/mol. The predicted molar refractivity (Wildman–Crippen MR) is 121 cm³/mol. The van der Waals surface area contributed by atoms with E-state index in [1.54, 1.807) is 23.2 Å². The summed E-state index contributed by atoms with van der Waals surface area (Å²) < 4.78 is 2.07. The second kappa shape index (κ2) is 8.25. The molecule has 2 fully saturated rings. The van der Waals surface area contributed by atoms with Crippen molar-refractivity contribution in [2.75, 3.05) is 44.7 Å². The quantitative estimate of drug-likeness (QED) is 0.545. The molecule has 0 aromatic carbocycles. The highest BCUT2D eigenvalue weighted by Crippen LogP contribution is 2.33. The molecule has 0 unspecified atom stereocenters. The maximum Gasteiger partial charge on any atom is 0.267 e. The SMILES string of the molecule is CCCN1C(=O)/C(=C/c2c(N3CCN(C)CC3)nc3ccccn3c2=O)SC1=S. The lowest BCUT2D eigenvalue weighted by Gasteiger charge is -2.34. The molecule has 4 rings (SSSR count). The van der Waals surface area contributed by atoms with Crippen molar-refractivity contribution >= 4 is 51.7 Å². The number of fused-ring (bicyclic) bond motifs is 1. The molecule has 0 radical (unpaired) electrons. The monoisotopic (exact) mass is 429 g/mol. The Morgan fingerprint density at radius 3 is 2.69 bits per heavy atom. The minimum absolute atomic E-state index is 0.135. The van der Waals surface area contributed by atoms with Crippen LogP contribution in [0.2, 0.25) is 0 Å². The van der Waals surface area contributed by atoms with Crippen LogP contribution in [0.3, 0.4) is 0 Å². The van der Waals surface area contributed by atoms with Crippen LogP contribution in [0.1, 0.15) is 18.9 Å². The minimum atomic E-state index is -0.176. The predicted octanol–water partition coefficient (Wildman–Crippen LogP) is 2.06. The summed E-state index contributed by atoms with van der Waals surface area (Å²) in [6, 6.07) is 5.49. The number of amides is 1. The number of hydrogen-bond acceptors (Lipinski definition) is 7. The number of thiocarbonyl (C=S) groups is 1. The lowest BCUT2D eigenvalue weighted by molar-refractivity contribution is -0.122. The summed E-state index contributed by atoms with van der Waals surface area (Å²) in [6.07, 6.45) is 4.21. The first kappa shape index (κ1) is 20.1. The van der Waals surface area contributed by atoms with Crippen molar-refractivity contribution in [1.82, 2.24) is 19.2 Å². The van der Waals surface area contributed by atoms with Crippen LogP contribution in [0.5, 0.6) is 0 Å². The van der Waals surface area contributed by atoms with Crippen molar-refractivity contribution in [3.8, 4) is 0 Å². The van der Waals surface area contributed by atoms with Crippen molar-refractivity contribution in [2.45, 2.75) is 13.3 Å². The van der Waals surface area contributed by atoms with E-state index < -0.39 is 0 Å². The number of aromatic nitrogens is 2. The second-order valence-electron chi connectivity index (χ2n) is 7.21. The minimum Gasteiger partial charge on any atom is -0.353 e. The maximum atomic E-state index is 13.3. The fourth-order valence-corrected chi connectivity index (χ4v) is 4.81. The van der Waals surface area contributed by atoms with Gasteiger partial charge in [0.1, 0.15) is 15.8 Å². The highest BCUT2D eigenvalue weighted by atomic mass is 32.2. The van der Waals surface area contributed by atoms with Crippen molar-refractivity contribution in [2.24, 2.45) is 0 Å². The Morgan fingerprint density at radius 2 is 1.97 bits per heavy atom. The number of piperazine rings is 1. The van der Waals surface area contributed by atoms with Gasteiger partial charge >= 0.3 is 0 Å². The molecule has 9 heteroatoms. The Hall–Kier alpha value is -2.23. The van der Waals surface area contributed by atoms with Crippen LogP contribution in [-0.2, 0) is 4.79 Å². The molecule has 29 heavy (non-hydrogen) atoms. The van der Waals surface area contributed by atoms with Crippen LogP contribution in [0.15, 0.2) is 34.1 Å².